The lowest BCUT2D eigenvalue weighted by Gasteiger charge is -2.34. The van der Waals surface area contributed by atoms with Crippen LogP contribution in [0.2, 0.25) is 0 Å². The number of aromatic nitrogens is 2. The minimum absolute atomic E-state index is 0.373. The van der Waals surface area contributed by atoms with E-state index in [0.29, 0.717) is 11.7 Å². The molecule has 2 aromatic rings. The van der Waals surface area contributed by atoms with E-state index in [1.165, 1.54) is 24.9 Å². The van der Waals surface area contributed by atoms with Gasteiger partial charge in [-0.25, -0.2) is 0 Å². The van der Waals surface area contributed by atoms with E-state index in [-0.39, 0.29) is 5.54 Å². The average molecular weight is 298 g/mol. The van der Waals surface area contributed by atoms with Crippen molar-refractivity contribution in [3.63, 3.8) is 0 Å². The second kappa shape index (κ2) is 5.39. The van der Waals surface area contributed by atoms with Gasteiger partial charge in [-0.05, 0) is 50.7 Å². The highest BCUT2D eigenvalue weighted by Crippen LogP contribution is 2.38. The number of nitrogens with two attached hydrogens (primary N) is 1. The van der Waals surface area contributed by atoms with Gasteiger partial charge in [-0.1, -0.05) is 17.3 Å². The van der Waals surface area contributed by atoms with Crippen molar-refractivity contribution in [1.29, 1.82) is 0 Å². The molecule has 1 aromatic heterocycles. The lowest BCUT2D eigenvalue weighted by Crippen LogP contribution is -2.44. The Morgan fingerprint density at radius 2 is 1.82 bits per heavy atom. The molecule has 1 saturated heterocycles. The largest absolute Gasteiger partial charge is 0.371 e. The number of hydrogen-bond donors (Lipinski definition) is 1. The highest BCUT2D eigenvalue weighted by Gasteiger charge is 2.39. The maximum Gasteiger partial charge on any atom is 0.260 e. The number of hydrogen-bond acceptors (Lipinski definition) is 5. The van der Waals surface area contributed by atoms with Crippen molar-refractivity contribution in [2.45, 2.75) is 44.1 Å². The zero-order valence-corrected chi connectivity index (χ0v) is 12.8. The van der Waals surface area contributed by atoms with Crippen LogP contribution in [-0.2, 0) is 5.54 Å². The summed E-state index contributed by atoms with van der Waals surface area (Å²) in [6.45, 7) is 2.19. The third-order valence-electron chi connectivity index (χ3n) is 4.95. The van der Waals surface area contributed by atoms with Crippen LogP contribution in [0.25, 0.3) is 11.5 Å². The van der Waals surface area contributed by atoms with Crippen LogP contribution in [-0.4, -0.2) is 23.2 Å². The van der Waals surface area contributed by atoms with E-state index < -0.39 is 0 Å². The van der Waals surface area contributed by atoms with Crippen LogP contribution < -0.4 is 10.6 Å². The second-order valence-electron chi connectivity index (χ2n) is 6.50. The first-order valence-electron chi connectivity index (χ1n) is 8.24. The van der Waals surface area contributed by atoms with Crippen molar-refractivity contribution in [2.24, 2.45) is 5.73 Å². The normalized spacial score (nSPS) is 20.7. The van der Waals surface area contributed by atoms with Crippen molar-refractivity contribution >= 4 is 5.69 Å². The fraction of sp³-hybridized carbons (Fsp3) is 0.529. The molecule has 0 spiro atoms. The van der Waals surface area contributed by atoms with Crippen LogP contribution in [0.15, 0.2) is 28.8 Å². The number of rotatable bonds is 3. The van der Waals surface area contributed by atoms with E-state index in [1.54, 1.807) is 0 Å². The lowest BCUT2D eigenvalue weighted by molar-refractivity contribution is 0.229. The van der Waals surface area contributed by atoms with Gasteiger partial charge in [0.2, 0.25) is 0 Å². The molecule has 2 aliphatic rings. The smallest absolute Gasteiger partial charge is 0.260 e. The van der Waals surface area contributed by atoms with Crippen LogP contribution in [0.3, 0.4) is 0 Å². The van der Waals surface area contributed by atoms with Gasteiger partial charge in [0, 0.05) is 18.8 Å². The summed E-state index contributed by atoms with van der Waals surface area (Å²) in [5.74, 6) is 1.25. The molecule has 4 rings (SSSR count). The maximum absolute atomic E-state index is 6.30. The van der Waals surface area contributed by atoms with Crippen molar-refractivity contribution in [3.8, 4) is 11.5 Å². The Hall–Kier alpha value is -1.88. The number of anilines is 1. The molecule has 22 heavy (non-hydrogen) atoms. The molecular formula is C17H22N4O. The monoisotopic (exact) mass is 298 g/mol. The Kier molecular flexibility index (Phi) is 3.37. The second-order valence-corrected chi connectivity index (χ2v) is 6.50. The van der Waals surface area contributed by atoms with E-state index >= 15 is 0 Å². The highest BCUT2D eigenvalue weighted by atomic mass is 16.5. The summed E-state index contributed by atoms with van der Waals surface area (Å²) < 4.78 is 5.54. The van der Waals surface area contributed by atoms with E-state index in [2.05, 4.69) is 33.2 Å². The molecule has 2 N–H and O–H groups in total. The molecule has 116 valence electrons. The number of para-hydroxylation sites is 1. The SMILES string of the molecule is NC1(c2noc(-c3ccccc3N3CCCCC3)n2)CCC1. The van der Waals surface area contributed by atoms with Crippen molar-refractivity contribution in [2.75, 3.05) is 18.0 Å². The molecule has 1 aliphatic heterocycles. The molecule has 1 aromatic carbocycles. The molecule has 2 fully saturated rings. The molecule has 1 saturated carbocycles. The van der Waals surface area contributed by atoms with E-state index in [1.807, 2.05) is 6.07 Å². The highest BCUT2D eigenvalue weighted by molar-refractivity contribution is 5.73. The molecule has 0 radical (unpaired) electrons. The van der Waals surface area contributed by atoms with Gasteiger partial charge in [0.25, 0.3) is 5.89 Å². The van der Waals surface area contributed by atoms with Gasteiger partial charge in [-0.3, -0.25) is 0 Å². The molecule has 0 amide bonds. The Morgan fingerprint density at radius 3 is 2.55 bits per heavy atom. The molecule has 0 atom stereocenters. The molecule has 2 heterocycles. The van der Waals surface area contributed by atoms with Gasteiger partial charge in [0.15, 0.2) is 5.82 Å². The standard InChI is InChI=1S/C17H22N4O/c18-17(9-6-10-17)16-19-15(22-20-16)13-7-2-3-8-14(13)21-11-4-1-5-12-21/h2-3,7-8H,1,4-6,9-12,18H2. The quantitative estimate of drug-likeness (QED) is 0.943. The number of benzene rings is 1. The third kappa shape index (κ3) is 2.29. The van der Waals surface area contributed by atoms with Gasteiger partial charge < -0.3 is 15.2 Å². The predicted octanol–water partition coefficient (Wildman–Crippen LogP) is 3.06. The number of piperidine rings is 1. The Bertz CT molecular complexity index is 656. The first-order chi connectivity index (χ1) is 10.8. The fourth-order valence-corrected chi connectivity index (χ4v) is 3.38. The minimum atomic E-state index is -0.373. The summed E-state index contributed by atoms with van der Waals surface area (Å²) in [5, 5.41) is 4.14. The van der Waals surface area contributed by atoms with Crippen molar-refractivity contribution in [1.82, 2.24) is 10.1 Å². The van der Waals surface area contributed by atoms with E-state index in [9.17, 15) is 0 Å². The molecular weight excluding hydrogens is 276 g/mol. The third-order valence-corrected chi connectivity index (χ3v) is 4.95. The summed E-state index contributed by atoms with van der Waals surface area (Å²) in [4.78, 5) is 7.02. The van der Waals surface area contributed by atoms with Gasteiger partial charge in [-0.15, -0.1) is 0 Å². The molecule has 0 unspecified atom stereocenters. The zero-order valence-electron chi connectivity index (χ0n) is 12.8. The lowest BCUT2D eigenvalue weighted by atomic mass is 9.77. The van der Waals surface area contributed by atoms with Gasteiger partial charge >= 0.3 is 0 Å². The first kappa shape index (κ1) is 13.8. The zero-order chi connectivity index (χ0) is 15.0. The Labute approximate surface area is 130 Å². The fourth-order valence-electron chi connectivity index (χ4n) is 3.38. The van der Waals surface area contributed by atoms with Gasteiger partial charge in [0.1, 0.15) is 0 Å². The molecule has 0 bridgehead atoms. The molecule has 5 nitrogen and oxygen atoms in total. The topological polar surface area (TPSA) is 68.2 Å². The minimum Gasteiger partial charge on any atom is -0.371 e. The number of nitrogens with zero attached hydrogens (tertiary/aromatic N) is 3. The van der Waals surface area contributed by atoms with Crippen molar-refractivity contribution < 1.29 is 4.52 Å². The van der Waals surface area contributed by atoms with Gasteiger partial charge in [-0.2, -0.15) is 4.98 Å². The van der Waals surface area contributed by atoms with Crippen LogP contribution in [0.1, 0.15) is 44.3 Å². The average Bonchev–Trinajstić information content (AvgIpc) is 3.04. The van der Waals surface area contributed by atoms with E-state index in [4.69, 9.17) is 10.3 Å². The first-order valence-corrected chi connectivity index (χ1v) is 8.24. The van der Waals surface area contributed by atoms with E-state index in [0.717, 1.165) is 37.9 Å². The summed E-state index contributed by atoms with van der Waals surface area (Å²) in [6, 6.07) is 8.30. The predicted molar refractivity (Wildman–Crippen MR) is 85.5 cm³/mol. The molecule has 5 heteroatoms. The Morgan fingerprint density at radius 1 is 1.05 bits per heavy atom. The summed E-state index contributed by atoms with van der Waals surface area (Å²) >= 11 is 0. The maximum atomic E-state index is 6.30. The summed E-state index contributed by atoms with van der Waals surface area (Å²) in [5.41, 5.74) is 8.14. The molecule has 1 aliphatic carbocycles. The Balaban J connectivity index is 1.67. The van der Waals surface area contributed by atoms with Crippen LogP contribution in [0.4, 0.5) is 5.69 Å². The van der Waals surface area contributed by atoms with Crippen LogP contribution in [0, 0.1) is 0 Å². The van der Waals surface area contributed by atoms with Crippen LogP contribution >= 0.6 is 0 Å². The summed E-state index contributed by atoms with van der Waals surface area (Å²) in [6.07, 6.45) is 6.84. The van der Waals surface area contributed by atoms with Gasteiger partial charge in [0.05, 0.1) is 11.1 Å². The van der Waals surface area contributed by atoms with Crippen LogP contribution in [0.5, 0.6) is 0 Å². The summed E-state index contributed by atoms with van der Waals surface area (Å²) in [7, 11) is 0. The van der Waals surface area contributed by atoms with Crippen molar-refractivity contribution in [3.05, 3.63) is 30.1 Å².